The molecule has 1 saturated heterocycles. The van der Waals surface area contributed by atoms with E-state index < -0.39 is 0 Å². The number of carbonyl (C=O) groups excluding carboxylic acids is 1. The van der Waals surface area contributed by atoms with Gasteiger partial charge in [-0.05, 0) is 32.3 Å². The Bertz CT molecular complexity index is 360. The van der Waals surface area contributed by atoms with E-state index in [9.17, 15) is 4.79 Å². The predicted molar refractivity (Wildman–Crippen MR) is 66.3 cm³/mol. The molecule has 4 nitrogen and oxygen atoms in total. The predicted octanol–water partition coefficient (Wildman–Crippen LogP) is 2.39. The van der Waals surface area contributed by atoms with Gasteiger partial charge >= 0.3 is 6.09 Å². The van der Waals surface area contributed by atoms with Crippen LogP contribution in [-0.4, -0.2) is 30.2 Å². The van der Waals surface area contributed by atoms with Gasteiger partial charge in [-0.3, -0.25) is 5.32 Å². The standard InChI is InChI=1S/C13H20N2O2/c1-3-10-7-8-11(14-13(16)17-4-2)12-6-5-9-15(10)12/h7-8,10H,3-6,9H2,1-2H3,(H,14,16). The van der Waals surface area contributed by atoms with Crippen LogP contribution < -0.4 is 5.32 Å². The average molecular weight is 236 g/mol. The maximum absolute atomic E-state index is 11.4. The smallest absolute Gasteiger partial charge is 0.411 e. The Hall–Kier alpha value is -1.45. The first kappa shape index (κ1) is 12.0. The van der Waals surface area contributed by atoms with Gasteiger partial charge in [-0.1, -0.05) is 13.0 Å². The molecule has 0 bridgehead atoms. The van der Waals surface area contributed by atoms with Crippen LogP contribution in [0.3, 0.4) is 0 Å². The van der Waals surface area contributed by atoms with Crippen LogP contribution in [0.1, 0.15) is 33.1 Å². The van der Waals surface area contributed by atoms with Crippen molar-refractivity contribution in [2.75, 3.05) is 13.2 Å². The summed E-state index contributed by atoms with van der Waals surface area (Å²) in [6.45, 7) is 5.49. The maximum atomic E-state index is 11.4. The Morgan fingerprint density at radius 3 is 3.12 bits per heavy atom. The van der Waals surface area contributed by atoms with Crippen LogP contribution in [0.2, 0.25) is 0 Å². The van der Waals surface area contributed by atoms with E-state index >= 15 is 0 Å². The van der Waals surface area contributed by atoms with Crippen LogP contribution in [0.25, 0.3) is 0 Å². The Morgan fingerprint density at radius 2 is 2.41 bits per heavy atom. The molecule has 1 N–H and O–H groups in total. The monoisotopic (exact) mass is 236 g/mol. The Kier molecular flexibility index (Phi) is 3.71. The fourth-order valence-electron chi connectivity index (χ4n) is 2.51. The zero-order chi connectivity index (χ0) is 12.3. The molecule has 1 unspecified atom stereocenters. The van der Waals surface area contributed by atoms with E-state index in [0.29, 0.717) is 12.6 Å². The van der Waals surface area contributed by atoms with E-state index in [1.165, 1.54) is 12.1 Å². The van der Waals surface area contributed by atoms with Gasteiger partial charge in [0.05, 0.1) is 12.3 Å². The number of hydrogen-bond donors (Lipinski definition) is 1. The second-order valence-electron chi connectivity index (χ2n) is 4.34. The summed E-state index contributed by atoms with van der Waals surface area (Å²) in [6, 6.07) is 0.486. The Labute approximate surface area is 102 Å². The molecule has 0 radical (unpaired) electrons. The molecule has 0 aromatic rings. The number of ether oxygens (including phenoxy) is 1. The van der Waals surface area contributed by atoms with Crippen molar-refractivity contribution in [3.63, 3.8) is 0 Å². The van der Waals surface area contributed by atoms with Gasteiger partial charge in [0.15, 0.2) is 0 Å². The van der Waals surface area contributed by atoms with Crippen molar-refractivity contribution in [2.24, 2.45) is 0 Å². The molecule has 1 amide bonds. The van der Waals surface area contributed by atoms with E-state index in [0.717, 1.165) is 25.1 Å². The Morgan fingerprint density at radius 1 is 1.59 bits per heavy atom. The summed E-state index contributed by atoms with van der Waals surface area (Å²) in [5, 5.41) is 2.83. The van der Waals surface area contributed by atoms with Gasteiger partial charge < -0.3 is 9.64 Å². The summed E-state index contributed by atoms with van der Waals surface area (Å²) in [7, 11) is 0. The molecule has 2 aliphatic heterocycles. The zero-order valence-corrected chi connectivity index (χ0v) is 10.5. The van der Waals surface area contributed by atoms with Crippen LogP contribution in [-0.2, 0) is 4.74 Å². The van der Waals surface area contributed by atoms with Gasteiger partial charge in [-0.15, -0.1) is 0 Å². The zero-order valence-electron chi connectivity index (χ0n) is 10.5. The van der Waals surface area contributed by atoms with Gasteiger partial charge in [0.1, 0.15) is 0 Å². The fourth-order valence-corrected chi connectivity index (χ4v) is 2.51. The van der Waals surface area contributed by atoms with Crippen molar-refractivity contribution in [2.45, 2.75) is 39.2 Å². The van der Waals surface area contributed by atoms with E-state index in [2.05, 4.69) is 23.2 Å². The molecule has 4 heteroatoms. The molecule has 2 heterocycles. The molecule has 2 aliphatic rings. The molecule has 0 aliphatic carbocycles. The maximum Gasteiger partial charge on any atom is 0.411 e. The van der Waals surface area contributed by atoms with Gasteiger partial charge in [-0.2, -0.15) is 0 Å². The van der Waals surface area contributed by atoms with Crippen LogP contribution in [0.5, 0.6) is 0 Å². The normalized spacial score (nSPS) is 22.7. The first-order valence-electron chi connectivity index (χ1n) is 6.38. The number of nitrogens with one attached hydrogen (secondary N) is 1. The second kappa shape index (κ2) is 5.25. The number of alkyl carbamates (subject to hydrolysis) is 1. The average Bonchev–Trinajstić information content (AvgIpc) is 2.79. The number of hydrogen-bond acceptors (Lipinski definition) is 3. The molecule has 1 fully saturated rings. The lowest BCUT2D eigenvalue weighted by atomic mass is 10.1. The van der Waals surface area contributed by atoms with Crippen molar-refractivity contribution in [1.82, 2.24) is 10.2 Å². The van der Waals surface area contributed by atoms with Crippen molar-refractivity contribution >= 4 is 6.09 Å². The van der Waals surface area contributed by atoms with Crippen molar-refractivity contribution < 1.29 is 9.53 Å². The van der Waals surface area contributed by atoms with Crippen LogP contribution in [0, 0.1) is 0 Å². The first-order valence-corrected chi connectivity index (χ1v) is 6.38. The number of allylic oxidation sites excluding steroid dienone is 2. The summed E-state index contributed by atoms with van der Waals surface area (Å²) in [5.41, 5.74) is 2.16. The summed E-state index contributed by atoms with van der Waals surface area (Å²) in [6.07, 6.45) is 7.14. The quantitative estimate of drug-likeness (QED) is 0.818. The minimum absolute atomic E-state index is 0.360. The van der Waals surface area contributed by atoms with Gasteiger partial charge in [0.2, 0.25) is 0 Å². The highest BCUT2D eigenvalue weighted by molar-refractivity contribution is 5.70. The van der Waals surface area contributed by atoms with E-state index in [1.807, 2.05) is 13.0 Å². The van der Waals surface area contributed by atoms with Crippen molar-refractivity contribution in [1.29, 1.82) is 0 Å². The van der Waals surface area contributed by atoms with E-state index in [1.54, 1.807) is 0 Å². The topological polar surface area (TPSA) is 41.6 Å². The number of rotatable bonds is 3. The summed E-state index contributed by atoms with van der Waals surface area (Å²) >= 11 is 0. The highest BCUT2D eigenvalue weighted by atomic mass is 16.5. The molecule has 0 spiro atoms. The third-order valence-electron chi connectivity index (χ3n) is 3.29. The molecule has 94 valence electrons. The number of fused-ring (bicyclic) bond motifs is 1. The first-order chi connectivity index (χ1) is 8.26. The van der Waals surface area contributed by atoms with Gasteiger partial charge in [0, 0.05) is 18.3 Å². The molecule has 0 aromatic heterocycles. The molecule has 0 aromatic carbocycles. The summed E-state index contributed by atoms with van der Waals surface area (Å²) in [5.74, 6) is 0. The minimum Gasteiger partial charge on any atom is -0.450 e. The van der Waals surface area contributed by atoms with Crippen molar-refractivity contribution in [3.8, 4) is 0 Å². The van der Waals surface area contributed by atoms with Gasteiger partial charge in [-0.25, -0.2) is 4.79 Å². The molecule has 2 rings (SSSR count). The molecule has 1 atom stereocenters. The number of carbonyl (C=O) groups is 1. The second-order valence-corrected chi connectivity index (χ2v) is 4.34. The van der Waals surface area contributed by atoms with Crippen LogP contribution >= 0.6 is 0 Å². The van der Waals surface area contributed by atoms with Crippen LogP contribution in [0.15, 0.2) is 23.5 Å². The molecular weight excluding hydrogens is 216 g/mol. The lowest BCUT2D eigenvalue weighted by Crippen LogP contribution is -2.35. The highest BCUT2D eigenvalue weighted by Crippen LogP contribution is 2.31. The summed E-state index contributed by atoms with van der Waals surface area (Å²) < 4.78 is 4.91. The third-order valence-corrected chi connectivity index (χ3v) is 3.29. The van der Waals surface area contributed by atoms with Crippen molar-refractivity contribution in [3.05, 3.63) is 23.5 Å². The molecule has 17 heavy (non-hydrogen) atoms. The molecular formula is C13H20N2O2. The highest BCUT2D eigenvalue weighted by Gasteiger charge is 2.28. The largest absolute Gasteiger partial charge is 0.450 e. The van der Waals surface area contributed by atoms with E-state index in [-0.39, 0.29) is 6.09 Å². The van der Waals surface area contributed by atoms with E-state index in [4.69, 9.17) is 4.74 Å². The van der Waals surface area contributed by atoms with Crippen LogP contribution in [0.4, 0.5) is 4.79 Å². The number of amides is 1. The third kappa shape index (κ3) is 2.46. The number of nitrogens with zero attached hydrogens (tertiary/aromatic N) is 1. The summed E-state index contributed by atoms with van der Waals surface area (Å²) in [4.78, 5) is 13.8. The Balaban J connectivity index is 2.11. The lowest BCUT2D eigenvalue weighted by molar-refractivity contribution is 0.155. The molecule has 0 saturated carbocycles. The minimum atomic E-state index is -0.360. The van der Waals surface area contributed by atoms with Gasteiger partial charge in [0.25, 0.3) is 0 Å². The lowest BCUT2D eigenvalue weighted by Gasteiger charge is -2.32. The SMILES string of the molecule is CCOC(=O)NC1=C2CCCN2C(CC)C=C1. The fraction of sp³-hybridized carbons (Fsp3) is 0.615.